The second kappa shape index (κ2) is 4.32. The fourth-order valence-corrected chi connectivity index (χ4v) is 1.87. The van der Waals surface area contributed by atoms with Crippen molar-refractivity contribution >= 4 is 17.8 Å². The molecule has 0 fully saturated rings. The third kappa shape index (κ3) is 2.15. The average Bonchev–Trinajstić information content (AvgIpc) is 2.70. The number of carbonyl (C=O) groups excluding carboxylic acids is 1. The van der Waals surface area contributed by atoms with Crippen LogP contribution in [0, 0.1) is 10.1 Å². The molecule has 1 aliphatic rings. The smallest absolute Gasteiger partial charge is 0.269 e. The predicted molar refractivity (Wildman–Crippen MR) is 61.5 cm³/mol. The molecule has 6 heteroatoms. The molecule has 2 rings (SSSR count). The molecule has 88 valence electrons. The fourth-order valence-electron chi connectivity index (χ4n) is 1.87. The number of nitrogens with zero attached hydrogens (tertiary/aromatic N) is 3. The van der Waals surface area contributed by atoms with Crippen LogP contribution >= 0.6 is 0 Å². The van der Waals surface area contributed by atoms with E-state index in [0.29, 0.717) is 12.8 Å². The highest BCUT2D eigenvalue weighted by atomic mass is 16.6. The van der Waals surface area contributed by atoms with Gasteiger partial charge >= 0.3 is 0 Å². The monoisotopic (exact) mass is 233 g/mol. The fraction of sp³-hybridized carbons (Fsp3) is 0.273. The van der Waals surface area contributed by atoms with Crippen LogP contribution < -0.4 is 0 Å². The number of hydrogen-bond acceptors (Lipinski definition) is 4. The van der Waals surface area contributed by atoms with Crippen LogP contribution in [0.4, 0.5) is 5.69 Å². The Morgan fingerprint density at radius 1 is 1.47 bits per heavy atom. The number of carbonyl (C=O) groups is 1. The summed E-state index contributed by atoms with van der Waals surface area (Å²) >= 11 is 0. The summed E-state index contributed by atoms with van der Waals surface area (Å²) in [6.07, 6.45) is 1.33. The van der Waals surface area contributed by atoms with Gasteiger partial charge in [0.05, 0.1) is 11.0 Å². The third-order valence-corrected chi connectivity index (χ3v) is 2.69. The first-order valence-electron chi connectivity index (χ1n) is 5.14. The molecule has 0 saturated heterocycles. The van der Waals surface area contributed by atoms with Crippen LogP contribution in [-0.4, -0.2) is 22.1 Å². The summed E-state index contributed by atoms with van der Waals surface area (Å²) < 4.78 is 0. The zero-order valence-corrected chi connectivity index (χ0v) is 9.24. The molecular weight excluding hydrogens is 222 g/mol. The Morgan fingerprint density at radius 2 is 2.12 bits per heavy atom. The zero-order valence-electron chi connectivity index (χ0n) is 9.24. The van der Waals surface area contributed by atoms with Crippen molar-refractivity contribution in [3.8, 4) is 0 Å². The van der Waals surface area contributed by atoms with Crippen molar-refractivity contribution in [3.05, 3.63) is 39.9 Å². The van der Waals surface area contributed by atoms with Gasteiger partial charge in [-0.15, -0.1) is 0 Å². The van der Waals surface area contributed by atoms with Gasteiger partial charge in [0.2, 0.25) is 6.41 Å². The lowest BCUT2D eigenvalue weighted by Crippen LogP contribution is -2.17. The highest BCUT2D eigenvalue weighted by Crippen LogP contribution is 2.30. The first kappa shape index (κ1) is 11.3. The van der Waals surface area contributed by atoms with E-state index in [4.69, 9.17) is 0 Å². The standard InChI is InChI=1S/C11H11N3O3/c1-8-6-11(13(7-15)12-8)9-2-4-10(5-3-9)14(16)17/h2-5,7,11H,6H2,1H3. The minimum Gasteiger partial charge on any atom is -0.277 e. The molecule has 0 aliphatic carbocycles. The summed E-state index contributed by atoms with van der Waals surface area (Å²) in [4.78, 5) is 20.9. The molecule has 0 aromatic heterocycles. The highest BCUT2D eigenvalue weighted by Gasteiger charge is 2.25. The van der Waals surface area contributed by atoms with Crippen molar-refractivity contribution < 1.29 is 9.72 Å². The van der Waals surface area contributed by atoms with Crippen molar-refractivity contribution in [3.63, 3.8) is 0 Å². The van der Waals surface area contributed by atoms with Crippen LogP contribution in [0.1, 0.15) is 24.9 Å². The SMILES string of the molecule is CC1=NN(C=O)C(c2ccc([N+](=O)[O-])cc2)C1. The van der Waals surface area contributed by atoms with E-state index in [2.05, 4.69) is 5.10 Å². The summed E-state index contributed by atoms with van der Waals surface area (Å²) in [7, 11) is 0. The molecule has 0 saturated carbocycles. The minimum atomic E-state index is -0.447. The van der Waals surface area contributed by atoms with Crippen LogP contribution in [-0.2, 0) is 4.79 Å². The van der Waals surface area contributed by atoms with Crippen LogP contribution in [0.2, 0.25) is 0 Å². The molecule has 1 unspecified atom stereocenters. The van der Waals surface area contributed by atoms with E-state index in [0.717, 1.165) is 11.3 Å². The maximum absolute atomic E-state index is 10.8. The van der Waals surface area contributed by atoms with Gasteiger partial charge in [-0.3, -0.25) is 14.9 Å². The van der Waals surface area contributed by atoms with E-state index in [1.807, 2.05) is 6.92 Å². The molecule has 6 nitrogen and oxygen atoms in total. The molecule has 1 amide bonds. The highest BCUT2D eigenvalue weighted by molar-refractivity contribution is 5.85. The van der Waals surface area contributed by atoms with Gasteiger partial charge in [-0.05, 0) is 12.5 Å². The quantitative estimate of drug-likeness (QED) is 0.454. The summed E-state index contributed by atoms with van der Waals surface area (Å²) in [6, 6.07) is 6.05. The molecule has 1 heterocycles. The van der Waals surface area contributed by atoms with E-state index in [1.165, 1.54) is 17.1 Å². The molecule has 1 aromatic carbocycles. The molecular formula is C11H11N3O3. The van der Waals surface area contributed by atoms with Crippen molar-refractivity contribution in [2.75, 3.05) is 0 Å². The molecule has 0 radical (unpaired) electrons. The van der Waals surface area contributed by atoms with Gasteiger partial charge in [0.15, 0.2) is 0 Å². The van der Waals surface area contributed by atoms with Gasteiger partial charge < -0.3 is 0 Å². The Kier molecular flexibility index (Phi) is 2.86. The molecule has 1 aliphatic heterocycles. The van der Waals surface area contributed by atoms with Gasteiger partial charge in [-0.25, -0.2) is 5.01 Å². The molecule has 0 bridgehead atoms. The maximum Gasteiger partial charge on any atom is 0.269 e. The Bertz CT molecular complexity index is 481. The van der Waals surface area contributed by atoms with Crippen LogP contribution in [0.5, 0.6) is 0 Å². The van der Waals surface area contributed by atoms with Gasteiger partial charge in [0, 0.05) is 24.3 Å². The summed E-state index contributed by atoms with van der Waals surface area (Å²) in [5.74, 6) is 0. The van der Waals surface area contributed by atoms with Crippen molar-refractivity contribution in [1.29, 1.82) is 0 Å². The lowest BCUT2D eigenvalue weighted by Gasteiger charge is -2.17. The zero-order chi connectivity index (χ0) is 12.4. The Labute approximate surface area is 97.7 Å². The van der Waals surface area contributed by atoms with Crippen molar-refractivity contribution in [2.24, 2.45) is 5.10 Å². The number of benzene rings is 1. The lowest BCUT2D eigenvalue weighted by atomic mass is 10.0. The third-order valence-electron chi connectivity index (χ3n) is 2.69. The lowest BCUT2D eigenvalue weighted by molar-refractivity contribution is -0.384. The average molecular weight is 233 g/mol. The number of hydrogen-bond donors (Lipinski definition) is 0. The van der Waals surface area contributed by atoms with E-state index in [-0.39, 0.29) is 11.7 Å². The molecule has 0 N–H and O–H groups in total. The maximum atomic E-state index is 10.8. The van der Waals surface area contributed by atoms with Crippen molar-refractivity contribution in [1.82, 2.24) is 5.01 Å². The van der Waals surface area contributed by atoms with Gasteiger partial charge in [-0.2, -0.15) is 5.10 Å². The topological polar surface area (TPSA) is 75.8 Å². The number of nitro groups is 1. The molecule has 0 spiro atoms. The van der Waals surface area contributed by atoms with Gasteiger partial charge in [-0.1, -0.05) is 12.1 Å². The van der Waals surface area contributed by atoms with E-state index in [9.17, 15) is 14.9 Å². The van der Waals surface area contributed by atoms with E-state index in [1.54, 1.807) is 12.1 Å². The van der Waals surface area contributed by atoms with Crippen LogP contribution in [0.25, 0.3) is 0 Å². The molecule has 1 atom stereocenters. The minimum absolute atomic E-state index is 0.0436. The second-order valence-corrected chi connectivity index (χ2v) is 3.89. The first-order valence-corrected chi connectivity index (χ1v) is 5.14. The van der Waals surface area contributed by atoms with Gasteiger partial charge in [0.25, 0.3) is 5.69 Å². The van der Waals surface area contributed by atoms with Crippen LogP contribution in [0.15, 0.2) is 29.4 Å². The summed E-state index contributed by atoms with van der Waals surface area (Å²) in [6.45, 7) is 1.85. The predicted octanol–water partition coefficient (Wildman–Crippen LogP) is 1.87. The number of nitro benzene ring substituents is 1. The number of rotatable bonds is 3. The largest absolute Gasteiger partial charge is 0.277 e. The summed E-state index contributed by atoms with van der Waals surface area (Å²) in [5, 5.41) is 15.9. The number of hydrazone groups is 1. The normalized spacial score (nSPS) is 19.0. The molecule has 1 aromatic rings. The van der Waals surface area contributed by atoms with Crippen LogP contribution in [0.3, 0.4) is 0 Å². The first-order chi connectivity index (χ1) is 8.11. The van der Waals surface area contributed by atoms with Crippen molar-refractivity contribution in [2.45, 2.75) is 19.4 Å². The Balaban J connectivity index is 2.24. The summed E-state index contributed by atoms with van der Waals surface area (Å²) in [5.41, 5.74) is 1.77. The second-order valence-electron chi connectivity index (χ2n) is 3.89. The Morgan fingerprint density at radius 3 is 2.65 bits per heavy atom. The number of amides is 1. The van der Waals surface area contributed by atoms with E-state index < -0.39 is 4.92 Å². The van der Waals surface area contributed by atoms with E-state index >= 15 is 0 Å². The number of non-ortho nitro benzene ring substituents is 1. The molecule has 17 heavy (non-hydrogen) atoms. The van der Waals surface area contributed by atoms with Gasteiger partial charge in [0.1, 0.15) is 0 Å². The Hall–Kier alpha value is -2.24.